The number of carbonyl (C=O) groups excluding carboxylic acids is 2. The molecule has 3 rings (SSSR count). The fourth-order valence-electron chi connectivity index (χ4n) is 2.74. The van der Waals surface area contributed by atoms with E-state index in [-0.39, 0.29) is 18.1 Å². The van der Waals surface area contributed by atoms with Crippen molar-refractivity contribution in [3.8, 4) is 5.75 Å². The van der Waals surface area contributed by atoms with Crippen LogP contribution in [0.2, 0.25) is 0 Å². The van der Waals surface area contributed by atoms with E-state index in [0.717, 1.165) is 33.3 Å². The number of nitrogens with one attached hydrogen (secondary N) is 1. The molecule has 0 unspecified atom stereocenters. The molecule has 30 heavy (non-hydrogen) atoms. The summed E-state index contributed by atoms with van der Waals surface area (Å²) in [4.78, 5) is 29.0. The number of thiazole rings is 1. The van der Waals surface area contributed by atoms with Crippen molar-refractivity contribution < 1.29 is 14.3 Å². The zero-order chi connectivity index (χ0) is 21.3. The number of thioether (sulfide) groups is 1. The summed E-state index contributed by atoms with van der Waals surface area (Å²) in [5.74, 6) is 1.12. The Kier molecular flexibility index (Phi) is 8.04. The first kappa shape index (κ1) is 22.1. The SMILES string of the molecule is CCc1ccc(C(=O)CSc2nc(CC(=O)NCc3ccc(OC)cc3)cs2)cc1. The Bertz CT molecular complexity index is 982. The summed E-state index contributed by atoms with van der Waals surface area (Å²) < 4.78 is 5.93. The molecule has 0 saturated heterocycles. The summed E-state index contributed by atoms with van der Waals surface area (Å²) in [6, 6.07) is 15.3. The van der Waals surface area contributed by atoms with Gasteiger partial charge >= 0.3 is 0 Å². The first-order valence-electron chi connectivity index (χ1n) is 9.66. The molecular weight excluding hydrogens is 416 g/mol. The number of ketones is 1. The monoisotopic (exact) mass is 440 g/mol. The van der Waals surface area contributed by atoms with Crippen LogP contribution in [0.1, 0.15) is 34.1 Å². The van der Waals surface area contributed by atoms with Crippen LogP contribution in [-0.4, -0.2) is 29.5 Å². The number of nitrogens with zero attached hydrogens (tertiary/aromatic N) is 1. The topological polar surface area (TPSA) is 68.3 Å². The van der Waals surface area contributed by atoms with E-state index in [4.69, 9.17) is 4.74 Å². The maximum atomic E-state index is 12.3. The van der Waals surface area contributed by atoms with Gasteiger partial charge in [0.25, 0.3) is 0 Å². The maximum Gasteiger partial charge on any atom is 0.226 e. The van der Waals surface area contributed by atoms with E-state index in [2.05, 4.69) is 17.2 Å². The average molecular weight is 441 g/mol. The Labute approximate surface area is 184 Å². The zero-order valence-electron chi connectivity index (χ0n) is 17.0. The normalized spacial score (nSPS) is 10.6. The number of ether oxygens (including phenoxy) is 1. The van der Waals surface area contributed by atoms with Gasteiger partial charge in [0, 0.05) is 17.5 Å². The molecule has 1 aromatic heterocycles. The van der Waals surface area contributed by atoms with Gasteiger partial charge in [0.2, 0.25) is 5.91 Å². The van der Waals surface area contributed by atoms with Gasteiger partial charge < -0.3 is 10.1 Å². The van der Waals surface area contributed by atoms with Gasteiger partial charge in [-0.15, -0.1) is 11.3 Å². The predicted molar refractivity (Wildman–Crippen MR) is 122 cm³/mol. The molecule has 1 heterocycles. The molecule has 5 nitrogen and oxygen atoms in total. The molecule has 0 radical (unpaired) electrons. The number of benzene rings is 2. The van der Waals surface area contributed by atoms with Crippen LogP contribution in [-0.2, 0) is 24.2 Å². The molecular formula is C23H24N2O3S2. The van der Waals surface area contributed by atoms with Crippen LogP contribution in [0.5, 0.6) is 5.75 Å². The molecule has 0 aliphatic rings. The lowest BCUT2D eigenvalue weighted by Gasteiger charge is -2.05. The average Bonchev–Trinajstić information content (AvgIpc) is 3.23. The largest absolute Gasteiger partial charge is 0.497 e. The van der Waals surface area contributed by atoms with Gasteiger partial charge in [0.05, 0.1) is 25.0 Å². The number of hydrogen-bond donors (Lipinski definition) is 1. The van der Waals surface area contributed by atoms with Crippen LogP contribution in [0.3, 0.4) is 0 Å². The summed E-state index contributed by atoms with van der Waals surface area (Å²) in [6.07, 6.45) is 1.18. The van der Waals surface area contributed by atoms with Gasteiger partial charge in [0.15, 0.2) is 10.1 Å². The highest BCUT2D eigenvalue weighted by molar-refractivity contribution is 8.01. The summed E-state index contributed by atoms with van der Waals surface area (Å²) in [5, 5.41) is 4.77. The van der Waals surface area contributed by atoms with Gasteiger partial charge in [0.1, 0.15) is 5.75 Å². The van der Waals surface area contributed by atoms with E-state index in [9.17, 15) is 9.59 Å². The molecule has 0 atom stereocenters. The Morgan fingerprint density at radius 1 is 1.07 bits per heavy atom. The molecule has 2 aromatic carbocycles. The van der Waals surface area contributed by atoms with Gasteiger partial charge in [-0.3, -0.25) is 9.59 Å². The lowest BCUT2D eigenvalue weighted by Crippen LogP contribution is -2.24. The van der Waals surface area contributed by atoms with Crippen molar-refractivity contribution >= 4 is 34.8 Å². The van der Waals surface area contributed by atoms with Crippen LogP contribution in [0.25, 0.3) is 0 Å². The summed E-state index contributed by atoms with van der Waals surface area (Å²) in [6.45, 7) is 2.55. The molecule has 0 aliphatic carbocycles. The first-order chi connectivity index (χ1) is 14.6. The third kappa shape index (κ3) is 6.43. The summed E-state index contributed by atoms with van der Waals surface area (Å²) >= 11 is 2.87. The molecule has 0 bridgehead atoms. The number of hydrogen-bond acceptors (Lipinski definition) is 6. The molecule has 0 fully saturated rings. The quantitative estimate of drug-likeness (QED) is 0.370. The second-order valence-electron chi connectivity index (χ2n) is 6.67. The van der Waals surface area contributed by atoms with Gasteiger partial charge in [-0.25, -0.2) is 4.98 Å². The number of aryl methyl sites for hydroxylation is 1. The van der Waals surface area contributed by atoms with E-state index >= 15 is 0 Å². The first-order valence-corrected chi connectivity index (χ1v) is 11.5. The predicted octanol–water partition coefficient (Wildman–Crippen LogP) is 4.55. The zero-order valence-corrected chi connectivity index (χ0v) is 18.6. The molecule has 0 saturated carbocycles. The van der Waals surface area contributed by atoms with Crippen molar-refractivity contribution in [2.75, 3.05) is 12.9 Å². The minimum atomic E-state index is -0.0836. The van der Waals surface area contributed by atoms with Crippen LogP contribution >= 0.6 is 23.1 Å². The Morgan fingerprint density at radius 2 is 1.77 bits per heavy atom. The molecule has 1 amide bonds. The Balaban J connectivity index is 1.44. The van der Waals surface area contributed by atoms with Gasteiger partial charge in [-0.2, -0.15) is 0 Å². The van der Waals surface area contributed by atoms with Gasteiger partial charge in [-0.1, -0.05) is 55.1 Å². The van der Waals surface area contributed by atoms with Gasteiger partial charge in [-0.05, 0) is 29.7 Å². The number of aromatic nitrogens is 1. The van der Waals surface area contributed by atoms with Crippen LogP contribution in [0, 0.1) is 0 Å². The number of rotatable bonds is 10. The van der Waals surface area contributed by atoms with Crippen LogP contribution < -0.4 is 10.1 Å². The van der Waals surface area contributed by atoms with E-state index in [1.807, 2.05) is 53.9 Å². The van der Waals surface area contributed by atoms with Crippen molar-refractivity contribution in [3.05, 3.63) is 76.3 Å². The van der Waals surface area contributed by atoms with Crippen molar-refractivity contribution in [2.45, 2.75) is 30.6 Å². The number of Topliss-reactive ketones (excluding diaryl/α,β-unsaturated/α-hetero) is 1. The molecule has 7 heteroatoms. The second-order valence-corrected chi connectivity index (χ2v) is 8.75. The number of methoxy groups -OCH3 is 1. The fraction of sp³-hybridized carbons (Fsp3) is 0.261. The number of amides is 1. The highest BCUT2D eigenvalue weighted by Gasteiger charge is 2.11. The van der Waals surface area contributed by atoms with E-state index in [1.165, 1.54) is 28.7 Å². The lowest BCUT2D eigenvalue weighted by atomic mass is 10.1. The minimum absolute atomic E-state index is 0.0802. The Hall–Kier alpha value is -2.64. The van der Waals surface area contributed by atoms with Crippen LogP contribution in [0.4, 0.5) is 0 Å². The van der Waals surface area contributed by atoms with Crippen molar-refractivity contribution in [1.29, 1.82) is 0 Å². The highest BCUT2D eigenvalue weighted by Crippen LogP contribution is 2.24. The van der Waals surface area contributed by atoms with E-state index in [0.29, 0.717) is 12.3 Å². The third-order valence-corrected chi connectivity index (χ3v) is 6.60. The van der Waals surface area contributed by atoms with Crippen molar-refractivity contribution in [1.82, 2.24) is 10.3 Å². The smallest absolute Gasteiger partial charge is 0.226 e. The molecule has 156 valence electrons. The number of carbonyl (C=O) groups is 2. The highest BCUT2D eigenvalue weighted by atomic mass is 32.2. The molecule has 0 spiro atoms. The van der Waals surface area contributed by atoms with E-state index < -0.39 is 0 Å². The lowest BCUT2D eigenvalue weighted by molar-refractivity contribution is -0.120. The Morgan fingerprint density at radius 3 is 2.43 bits per heavy atom. The molecule has 0 aliphatic heterocycles. The van der Waals surface area contributed by atoms with E-state index in [1.54, 1.807) is 7.11 Å². The maximum absolute atomic E-state index is 12.3. The third-order valence-electron chi connectivity index (χ3n) is 4.53. The standard InChI is InChI=1S/C23H24N2O3S2/c1-3-16-4-8-18(9-5-16)21(26)15-30-23-25-19(14-29-23)12-22(27)24-13-17-6-10-20(28-2)11-7-17/h4-11,14H,3,12-13,15H2,1-2H3,(H,24,27). The second kappa shape index (κ2) is 10.9. The van der Waals surface area contributed by atoms with Crippen molar-refractivity contribution in [3.63, 3.8) is 0 Å². The summed E-state index contributed by atoms with van der Waals surface area (Å²) in [7, 11) is 1.62. The molecule has 1 N–H and O–H groups in total. The van der Waals surface area contributed by atoms with Crippen molar-refractivity contribution in [2.24, 2.45) is 0 Å². The fourth-order valence-corrected chi connectivity index (χ4v) is 4.48. The minimum Gasteiger partial charge on any atom is -0.497 e. The van der Waals surface area contributed by atoms with Crippen LogP contribution in [0.15, 0.2) is 58.3 Å². The summed E-state index contributed by atoms with van der Waals surface area (Å²) in [5.41, 5.74) is 3.65. The molecule has 3 aromatic rings.